The van der Waals surface area contributed by atoms with Gasteiger partial charge in [-0.2, -0.15) is 0 Å². The summed E-state index contributed by atoms with van der Waals surface area (Å²) in [6.07, 6.45) is 0. The van der Waals surface area contributed by atoms with E-state index in [1.807, 2.05) is 0 Å². The van der Waals surface area contributed by atoms with Crippen LogP contribution in [0.2, 0.25) is 0 Å². The molecule has 0 fully saturated rings. The normalized spacial score (nSPS) is 11.4. The molecule has 0 saturated carbocycles. The molecule has 0 spiro atoms. The highest BCUT2D eigenvalue weighted by Gasteiger charge is 2.21. The molecule has 0 bridgehead atoms. The van der Waals surface area contributed by atoms with E-state index in [9.17, 15) is 0 Å². The molecule has 0 atom stereocenters. The molecule has 0 heteroatoms. The number of hydrogen-bond donors (Lipinski definition) is 0. The SMILES string of the molecule is c1ccc(-c2ccc(-c3c4ccccc4c(-c4ccc(-c5ccccc5)cc4)c4cc(-c5c6ccccc6c(-c6ccccc6)c6ccccc56)ccc34)cc2)cc1. The highest BCUT2D eigenvalue weighted by Crippen LogP contribution is 2.48. The molecule has 0 aliphatic heterocycles. The van der Waals surface area contributed by atoms with Crippen molar-refractivity contribution in [3.8, 4) is 66.8 Å². The zero-order valence-electron chi connectivity index (χ0n) is 31.9. The highest BCUT2D eigenvalue weighted by molar-refractivity contribution is 6.25. The first-order chi connectivity index (χ1) is 28.8. The summed E-state index contributed by atoms with van der Waals surface area (Å²) >= 11 is 0. The van der Waals surface area contributed by atoms with Crippen LogP contribution in [0.25, 0.3) is 110 Å². The minimum atomic E-state index is 1.21. The lowest BCUT2D eigenvalue weighted by Crippen LogP contribution is -1.93. The number of benzene rings is 11. The Morgan fingerprint density at radius 3 is 0.741 bits per heavy atom. The molecule has 0 nitrogen and oxygen atoms in total. The summed E-state index contributed by atoms with van der Waals surface area (Å²) in [6.45, 7) is 0. The number of fused-ring (bicyclic) bond motifs is 4. The summed E-state index contributed by atoms with van der Waals surface area (Å²) in [5.74, 6) is 0. The van der Waals surface area contributed by atoms with E-state index in [-0.39, 0.29) is 0 Å². The van der Waals surface area contributed by atoms with Crippen LogP contribution in [-0.2, 0) is 0 Å². The van der Waals surface area contributed by atoms with Crippen molar-refractivity contribution in [3.05, 3.63) is 231 Å². The van der Waals surface area contributed by atoms with Gasteiger partial charge in [-0.25, -0.2) is 0 Å². The minimum Gasteiger partial charge on any atom is -0.0622 e. The maximum atomic E-state index is 2.47. The molecular formula is C58H38. The fraction of sp³-hybridized carbons (Fsp3) is 0. The second-order valence-electron chi connectivity index (χ2n) is 15.1. The van der Waals surface area contributed by atoms with Crippen LogP contribution in [0.3, 0.4) is 0 Å². The maximum absolute atomic E-state index is 2.47. The lowest BCUT2D eigenvalue weighted by atomic mass is 9.82. The fourth-order valence-electron chi connectivity index (χ4n) is 9.23. The van der Waals surface area contributed by atoms with Crippen LogP contribution in [-0.4, -0.2) is 0 Å². The van der Waals surface area contributed by atoms with Gasteiger partial charge in [-0.3, -0.25) is 0 Å². The molecule has 0 saturated heterocycles. The van der Waals surface area contributed by atoms with Crippen molar-refractivity contribution >= 4 is 43.1 Å². The molecule has 270 valence electrons. The standard InChI is InChI=1S/C58H38/c1-4-16-39(17-5-1)41-28-32-44(33-29-41)56-47-22-10-13-25-50(47)57(45-34-30-42(31-35-45)40-18-6-2-7-19-40)54-38-46(36-37-53(54)56)58-51-26-14-11-23-48(51)55(43-20-8-3-9-21-43)49-24-12-15-27-52(49)58/h1-38H. The molecule has 0 unspecified atom stereocenters. The Bertz CT molecular complexity index is 3210. The van der Waals surface area contributed by atoms with Crippen LogP contribution in [0.1, 0.15) is 0 Å². The Hall–Kier alpha value is -7.54. The van der Waals surface area contributed by atoms with Crippen molar-refractivity contribution in [2.24, 2.45) is 0 Å². The Balaban J connectivity index is 1.21. The summed E-state index contributed by atoms with van der Waals surface area (Å²) in [5.41, 5.74) is 14.8. The molecule has 0 N–H and O–H groups in total. The van der Waals surface area contributed by atoms with Gasteiger partial charge in [0.05, 0.1) is 0 Å². The van der Waals surface area contributed by atoms with Gasteiger partial charge in [0, 0.05) is 0 Å². The monoisotopic (exact) mass is 734 g/mol. The topological polar surface area (TPSA) is 0 Å². The molecule has 0 heterocycles. The summed E-state index contributed by atoms with van der Waals surface area (Å²) in [5, 5.41) is 10.0. The van der Waals surface area contributed by atoms with Gasteiger partial charge in [0.25, 0.3) is 0 Å². The fourth-order valence-corrected chi connectivity index (χ4v) is 9.23. The first-order valence-electron chi connectivity index (χ1n) is 20.1. The first-order valence-corrected chi connectivity index (χ1v) is 20.1. The van der Waals surface area contributed by atoms with Gasteiger partial charge >= 0.3 is 0 Å². The van der Waals surface area contributed by atoms with E-state index in [0.29, 0.717) is 0 Å². The Labute approximate surface area is 339 Å². The third-order valence-corrected chi connectivity index (χ3v) is 11.9. The molecule has 0 aromatic heterocycles. The van der Waals surface area contributed by atoms with Crippen molar-refractivity contribution in [3.63, 3.8) is 0 Å². The van der Waals surface area contributed by atoms with E-state index in [1.165, 1.54) is 110 Å². The first kappa shape index (κ1) is 33.8. The third-order valence-electron chi connectivity index (χ3n) is 11.9. The van der Waals surface area contributed by atoms with E-state index in [2.05, 4.69) is 231 Å². The van der Waals surface area contributed by atoms with E-state index in [0.717, 1.165) is 0 Å². The zero-order chi connectivity index (χ0) is 38.4. The molecule has 0 amide bonds. The van der Waals surface area contributed by atoms with Crippen molar-refractivity contribution in [2.45, 2.75) is 0 Å². The van der Waals surface area contributed by atoms with E-state index < -0.39 is 0 Å². The summed E-state index contributed by atoms with van der Waals surface area (Å²) < 4.78 is 0. The lowest BCUT2D eigenvalue weighted by molar-refractivity contribution is 1.60. The molecular weight excluding hydrogens is 697 g/mol. The van der Waals surface area contributed by atoms with Crippen LogP contribution in [0.15, 0.2) is 231 Å². The Morgan fingerprint density at radius 2 is 0.362 bits per heavy atom. The van der Waals surface area contributed by atoms with Crippen molar-refractivity contribution < 1.29 is 0 Å². The molecule has 11 aromatic carbocycles. The van der Waals surface area contributed by atoms with Crippen molar-refractivity contribution in [1.82, 2.24) is 0 Å². The van der Waals surface area contributed by atoms with E-state index in [1.54, 1.807) is 0 Å². The van der Waals surface area contributed by atoms with E-state index >= 15 is 0 Å². The smallest absolute Gasteiger partial charge is 0.00261 e. The van der Waals surface area contributed by atoms with Gasteiger partial charge in [0.2, 0.25) is 0 Å². The quantitative estimate of drug-likeness (QED) is 0.149. The summed E-state index contributed by atoms with van der Waals surface area (Å²) in [7, 11) is 0. The largest absolute Gasteiger partial charge is 0.0622 e. The average Bonchev–Trinajstić information content (AvgIpc) is 3.31. The molecule has 58 heavy (non-hydrogen) atoms. The molecule has 11 rings (SSSR count). The van der Waals surface area contributed by atoms with Crippen LogP contribution in [0, 0.1) is 0 Å². The van der Waals surface area contributed by atoms with Crippen LogP contribution >= 0.6 is 0 Å². The van der Waals surface area contributed by atoms with Gasteiger partial charge in [-0.05, 0) is 116 Å². The van der Waals surface area contributed by atoms with Crippen LogP contribution in [0.5, 0.6) is 0 Å². The highest BCUT2D eigenvalue weighted by atomic mass is 14.2. The zero-order valence-corrected chi connectivity index (χ0v) is 31.9. The lowest BCUT2D eigenvalue weighted by Gasteiger charge is -2.21. The molecule has 0 radical (unpaired) electrons. The number of rotatable bonds is 6. The predicted octanol–water partition coefficient (Wildman–Crippen LogP) is 16.3. The van der Waals surface area contributed by atoms with Crippen molar-refractivity contribution in [2.75, 3.05) is 0 Å². The van der Waals surface area contributed by atoms with Gasteiger partial charge in [0.1, 0.15) is 0 Å². The predicted molar refractivity (Wildman–Crippen MR) is 249 cm³/mol. The average molecular weight is 735 g/mol. The van der Waals surface area contributed by atoms with Gasteiger partial charge in [-0.1, -0.05) is 224 Å². The number of hydrogen-bond acceptors (Lipinski definition) is 0. The van der Waals surface area contributed by atoms with Gasteiger partial charge in [-0.15, -0.1) is 0 Å². The second kappa shape index (κ2) is 14.2. The maximum Gasteiger partial charge on any atom is -0.00261 e. The van der Waals surface area contributed by atoms with E-state index in [4.69, 9.17) is 0 Å². The Morgan fingerprint density at radius 1 is 0.138 bits per heavy atom. The molecule has 0 aliphatic rings. The Kier molecular flexibility index (Phi) is 8.26. The second-order valence-corrected chi connectivity index (χ2v) is 15.1. The summed E-state index contributed by atoms with van der Waals surface area (Å²) in [4.78, 5) is 0. The van der Waals surface area contributed by atoms with Crippen LogP contribution in [0.4, 0.5) is 0 Å². The summed E-state index contributed by atoms with van der Waals surface area (Å²) in [6, 6.07) is 84.5. The minimum absolute atomic E-state index is 1.21. The van der Waals surface area contributed by atoms with Gasteiger partial charge in [0.15, 0.2) is 0 Å². The molecule has 11 aromatic rings. The molecule has 0 aliphatic carbocycles. The van der Waals surface area contributed by atoms with Crippen molar-refractivity contribution in [1.29, 1.82) is 0 Å². The van der Waals surface area contributed by atoms with Crippen LogP contribution < -0.4 is 0 Å². The van der Waals surface area contributed by atoms with Gasteiger partial charge < -0.3 is 0 Å². The third kappa shape index (κ3) is 5.69.